The summed E-state index contributed by atoms with van der Waals surface area (Å²) in [5.41, 5.74) is 0. The Balaban J connectivity index is 2.83. The molecule has 0 radical (unpaired) electrons. The van der Waals surface area contributed by atoms with Crippen molar-refractivity contribution in [3.63, 3.8) is 0 Å². The minimum atomic E-state index is 0.348. The van der Waals surface area contributed by atoms with Gasteiger partial charge in [-0.05, 0) is 19.3 Å². The summed E-state index contributed by atoms with van der Waals surface area (Å²) in [7, 11) is 0. The zero-order valence-corrected chi connectivity index (χ0v) is 11.0. The van der Waals surface area contributed by atoms with Crippen LogP contribution in [0, 0.1) is 0 Å². The van der Waals surface area contributed by atoms with Crippen LogP contribution in [0.2, 0.25) is 0 Å². The van der Waals surface area contributed by atoms with Gasteiger partial charge in [0.05, 0.1) is 0 Å². The Morgan fingerprint density at radius 1 is 0.688 bits per heavy atom. The molecule has 0 aromatic rings. The SMILES string of the molecule is CCCCCCOCCCCCCCCO. The van der Waals surface area contributed by atoms with Crippen molar-refractivity contribution in [2.24, 2.45) is 0 Å². The number of unbranched alkanes of at least 4 members (excludes halogenated alkanes) is 8. The van der Waals surface area contributed by atoms with Crippen molar-refractivity contribution >= 4 is 0 Å². The number of hydrogen-bond acceptors (Lipinski definition) is 2. The molecule has 1 N–H and O–H groups in total. The predicted octanol–water partition coefficient (Wildman–Crippen LogP) is 3.92. The van der Waals surface area contributed by atoms with E-state index in [1.807, 2.05) is 0 Å². The van der Waals surface area contributed by atoms with Crippen molar-refractivity contribution in [3.05, 3.63) is 0 Å². The normalized spacial score (nSPS) is 10.9. The fourth-order valence-corrected chi connectivity index (χ4v) is 1.76. The van der Waals surface area contributed by atoms with E-state index in [0.717, 1.165) is 19.6 Å². The maximum absolute atomic E-state index is 8.61. The van der Waals surface area contributed by atoms with Crippen LogP contribution in [0.25, 0.3) is 0 Å². The molecule has 0 bridgehead atoms. The molecule has 2 nitrogen and oxygen atoms in total. The Morgan fingerprint density at radius 2 is 1.19 bits per heavy atom. The van der Waals surface area contributed by atoms with Gasteiger partial charge in [-0.25, -0.2) is 0 Å². The Kier molecular flexibility index (Phi) is 14.8. The molecule has 0 rings (SSSR count). The van der Waals surface area contributed by atoms with Gasteiger partial charge in [0.15, 0.2) is 0 Å². The second-order valence-corrected chi connectivity index (χ2v) is 4.52. The Labute approximate surface area is 101 Å². The lowest BCUT2D eigenvalue weighted by Crippen LogP contribution is -1.97. The van der Waals surface area contributed by atoms with E-state index in [-0.39, 0.29) is 0 Å². The zero-order chi connectivity index (χ0) is 11.9. The summed E-state index contributed by atoms with van der Waals surface area (Å²) in [4.78, 5) is 0. The second-order valence-electron chi connectivity index (χ2n) is 4.52. The Bertz CT molecular complexity index is 101. The van der Waals surface area contributed by atoms with Gasteiger partial charge in [-0.1, -0.05) is 51.9 Å². The van der Waals surface area contributed by atoms with Crippen LogP contribution in [0.1, 0.15) is 71.1 Å². The summed E-state index contributed by atoms with van der Waals surface area (Å²) in [6, 6.07) is 0. The van der Waals surface area contributed by atoms with Gasteiger partial charge >= 0.3 is 0 Å². The highest BCUT2D eigenvalue weighted by atomic mass is 16.5. The fourth-order valence-electron chi connectivity index (χ4n) is 1.76. The molecule has 0 aromatic heterocycles. The van der Waals surface area contributed by atoms with Crippen molar-refractivity contribution in [3.8, 4) is 0 Å². The van der Waals surface area contributed by atoms with Gasteiger partial charge in [0, 0.05) is 19.8 Å². The minimum Gasteiger partial charge on any atom is -0.396 e. The van der Waals surface area contributed by atoms with E-state index in [1.165, 1.54) is 57.8 Å². The standard InChI is InChI=1S/C14H30O2/c1-2-3-4-10-13-16-14-11-8-6-5-7-9-12-15/h15H,2-14H2,1H3. The molecule has 2 heteroatoms. The van der Waals surface area contributed by atoms with Gasteiger partial charge in [-0.15, -0.1) is 0 Å². The molecule has 0 saturated heterocycles. The van der Waals surface area contributed by atoms with Crippen molar-refractivity contribution in [1.82, 2.24) is 0 Å². The fraction of sp³-hybridized carbons (Fsp3) is 1.00. The molecule has 0 saturated carbocycles. The third-order valence-electron chi connectivity index (χ3n) is 2.84. The summed E-state index contributed by atoms with van der Waals surface area (Å²) in [6.45, 7) is 4.47. The molecular weight excluding hydrogens is 200 g/mol. The number of ether oxygens (including phenoxy) is 1. The first-order valence-corrected chi connectivity index (χ1v) is 7.10. The van der Waals surface area contributed by atoms with E-state index in [2.05, 4.69) is 6.92 Å². The lowest BCUT2D eigenvalue weighted by atomic mass is 10.1. The lowest BCUT2D eigenvalue weighted by Gasteiger charge is -2.04. The smallest absolute Gasteiger partial charge is 0.0466 e. The average Bonchev–Trinajstić information content (AvgIpc) is 2.31. The molecule has 0 spiro atoms. The molecule has 0 aromatic carbocycles. The summed E-state index contributed by atoms with van der Waals surface area (Å²) < 4.78 is 5.57. The third-order valence-corrected chi connectivity index (χ3v) is 2.84. The van der Waals surface area contributed by atoms with E-state index in [1.54, 1.807) is 0 Å². The van der Waals surface area contributed by atoms with Crippen LogP contribution >= 0.6 is 0 Å². The number of hydrogen-bond donors (Lipinski definition) is 1. The molecule has 98 valence electrons. The van der Waals surface area contributed by atoms with Crippen LogP contribution in [-0.2, 0) is 4.74 Å². The minimum absolute atomic E-state index is 0.348. The summed E-state index contributed by atoms with van der Waals surface area (Å²) in [6.07, 6.45) is 12.4. The lowest BCUT2D eigenvalue weighted by molar-refractivity contribution is 0.125. The molecule has 0 fully saturated rings. The van der Waals surface area contributed by atoms with E-state index in [4.69, 9.17) is 9.84 Å². The zero-order valence-electron chi connectivity index (χ0n) is 11.0. The van der Waals surface area contributed by atoms with Crippen molar-refractivity contribution in [2.75, 3.05) is 19.8 Å². The van der Waals surface area contributed by atoms with Gasteiger partial charge in [0.2, 0.25) is 0 Å². The molecule has 0 aliphatic carbocycles. The highest BCUT2D eigenvalue weighted by molar-refractivity contribution is 4.45. The summed E-state index contributed by atoms with van der Waals surface area (Å²) in [5, 5.41) is 8.61. The molecule has 0 atom stereocenters. The van der Waals surface area contributed by atoms with Gasteiger partial charge < -0.3 is 9.84 Å². The third kappa shape index (κ3) is 13.9. The van der Waals surface area contributed by atoms with Gasteiger partial charge in [0.1, 0.15) is 0 Å². The van der Waals surface area contributed by atoms with E-state index in [9.17, 15) is 0 Å². The molecule has 0 amide bonds. The highest BCUT2D eigenvalue weighted by Gasteiger charge is 1.92. The van der Waals surface area contributed by atoms with Crippen LogP contribution in [-0.4, -0.2) is 24.9 Å². The van der Waals surface area contributed by atoms with Crippen LogP contribution in [0.15, 0.2) is 0 Å². The Morgan fingerprint density at radius 3 is 1.75 bits per heavy atom. The van der Waals surface area contributed by atoms with Crippen LogP contribution in [0.3, 0.4) is 0 Å². The van der Waals surface area contributed by atoms with Gasteiger partial charge in [-0.2, -0.15) is 0 Å². The van der Waals surface area contributed by atoms with Gasteiger partial charge in [0.25, 0.3) is 0 Å². The summed E-state index contributed by atoms with van der Waals surface area (Å²) in [5.74, 6) is 0. The first kappa shape index (κ1) is 15.9. The topological polar surface area (TPSA) is 29.5 Å². The summed E-state index contributed by atoms with van der Waals surface area (Å²) >= 11 is 0. The number of aliphatic hydroxyl groups excluding tert-OH is 1. The maximum Gasteiger partial charge on any atom is 0.0466 e. The average molecular weight is 230 g/mol. The van der Waals surface area contributed by atoms with Crippen molar-refractivity contribution in [1.29, 1.82) is 0 Å². The molecular formula is C14H30O2. The van der Waals surface area contributed by atoms with Crippen LogP contribution < -0.4 is 0 Å². The van der Waals surface area contributed by atoms with Gasteiger partial charge in [-0.3, -0.25) is 0 Å². The number of aliphatic hydroxyl groups is 1. The monoisotopic (exact) mass is 230 g/mol. The highest BCUT2D eigenvalue weighted by Crippen LogP contribution is 2.05. The van der Waals surface area contributed by atoms with Crippen molar-refractivity contribution in [2.45, 2.75) is 71.1 Å². The first-order chi connectivity index (χ1) is 7.91. The predicted molar refractivity (Wildman–Crippen MR) is 69.7 cm³/mol. The Hall–Kier alpha value is -0.0800. The van der Waals surface area contributed by atoms with Crippen molar-refractivity contribution < 1.29 is 9.84 Å². The van der Waals surface area contributed by atoms with E-state index in [0.29, 0.717) is 6.61 Å². The largest absolute Gasteiger partial charge is 0.396 e. The quantitative estimate of drug-likeness (QED) is 0.486. The molecule has 0 heterocycles. The van der Waals surface area contributed by atoms with Crippen LogP contribution in [0.5, 0.6) is 0 Å². The first-order valence-electron chi connectivity index (χ1n) is 7.10. The second kappa shape index (κ2) is 14.9. The molecule has 0 unspecified atom stereocenters. The molecule has 0 aliphatic heterocycles. The number of rotatable bonds is 13. The maximum atomic E-state index is 8.61. The van der Waals surface area contributed by atoms with Crippen LogP contribution in [0.4, 0.5) is 0 Å². The molecule has 0 aliphatic rings. The van der Waals surface area contributed by atoms with E-state index >= 15 is 0 Å². The molecule has 16 heavy (non-hydrogen) atoms. The van der Waals surface area contributed by atoms with E-state index < -0.39 is 0 Å².